The molecule has 0 aromatic heterocycles. The minimum Gasteiger partial charge on any atom is -0.508 e. The van der Waals surface area contributed by atoms with Crippen LogP contribution in [-0.2, 0) is 11.2 Å². The molecule has 23 heavy (non-hydrogen) atoms. The van der Waals surface area contributed by atoms with E-state index in [0.29, 0.717) is 12.0 Å². The van der Waals surface area contributed by atoms with Crippen LogP contribution in [0.1, 0.15) is 34.8 Å². The number of allylic oxidation sites excluding steroid dienone is 1. The van der Waals surface area contributed by atoms with Gasteiger partial charge in [0.2, 0.25) is 5.91 Å². The molecule has 4 heteroatoms. The number of aryl methyl sites for hydroxylation is 1. The molecule has 1 aliphatic rings. The molecule has 0 saturated carbocycles. The van der Waals surface area contributed by atoms with E-state index in [9.17, 15) is 14.7 Å². The van der Waals surface area contributed by atoms with Crippen LogP contribution in [0.25, 0.3) is 6.08 Å². The van der Waals surface area contributed by atoms with Crippen LogP contribution in [0.5, 0.6) is 5.75 Å². The Balaban J connectivity index is 1.84. The zero-order valence-electron chi connectivity index (χ0n) is 12.8. The van der Waals surface area contributed by atoms with E-state index >= 15 is 0 Å². The summed E-state index contributed by atoms with van der Waals surface area (Å²) in [4.78, 5) is 23.6. The van der Waals surface area contributed by atoms with Gasteiger partial charge in [0.25, 0.3) is 0 Å². The van der Waals surface area contributed by atoms with E-state index < -0.39 is 0 Å². The van der Waals surface area contributed by atoms with Crippen LogP contribution in [0.3, 0.4) is 0 Å². The second kappa shape index (κ2) is 6.08. The first-order valence-electron chi connectivity index (χ1n) is 7.48. The van der Waals surface area contributed by atoms with Crippen LogP contribution in [-0.4, -0.2) is 16.8 Å². The van der Waals surface area contributed by atoms with Gasteiger partial charge in [0.05, 0.1) is 0 Å². The number of rotatable bonds is 2. The Morgan fingerprint density at radius 1 is 1.13 bits per heavy atom. The lowest BCUT2D eigenvalue weighted by atomic mass is 9.86. The van der Waals surface area contributed by atoms with Gasteiger partial charge in [-0.15, -0.1) is 0 Å². The Labute approximate surface area is 134 Å². The smallest absolute Gasteiger partial charge is 0.221 e. The molecule has 2 N–H and O–H groups in total. The quantitative estimate of drug-likeness (QED) is 0.834. The maximum atomic E-state index is 12.5. The highest BCUT2D eigenvalue weighted by Crippen LogP contribution is 2.29. The average molecular weight is 307 g/mol. The number of aromatic hydroxyl groups is 1. The Morgan fingerprint density at radius 2 is 1.87 bits per heavy atom. The first kappa shape index (κ1) is 15.0. The number of nitrogens with one attached hydrogen (secondary N) is 1. The van der Waals surface area contributed by atoms with Crippen molar-refractivity contribution in [3.63, 3.8) is 0 Å². The number of benzene rings is 2. The first-order valence-corrected chi connectivity index (χ1v) is 7.48. The fourth-order valence-electron chi connectivity index (χ4n) is 2.77. The van der Waals surface area contributed by atoms with E-state index in [4.69, 9.17) is 0 Å². The molecule has 4 nitrogen and oxygen atoms in total. The molecule has 0 radical (unpaired) electrons. The number of carbonyl (C=O) groups excluding carboxylic acids is 2. The second-order valence-corrected chi connectivity index (χ2v) is 5.64. The van der Waals surface area contributed by atoms with Crippen LogP contribution in [0.2, 0.25) is 0 Å². The zero-order chi connectivity index (χ0) is 16.4. The highest BCUT2D eigenvalue weighted by atomic mass is 16.3. The molecule has 0 heterocycles. The predicted molar refractivity (Wildman–Crippen MR) is 89.5 cm³/mol. The predicted octanol–water partition coefficient (Wildman–Crippen LogP) is 3.56. The van der Waals surface area contributed by atoms with Gasteiger partial charge in [-0.3, -0.25) is 9.59 Å². The van der Waals surface area contributed by atoms with Crippen molar-refractivity contribution in [1.82, 2.24) is 0 Å². The van der Waals surface area contributed by atoms with Gasteiger partial charge in [0, 0.05) is 23.7 Å². The molecular formula is C19H17NO3. The molecule has 2 aromatic rings. The number of amides is 1. The summed E-state index contributed by atoms with van der Waals surface area (Å²) < 4.78 is 0. The molecule has 0 saturated heterocycles. The average Bonchev–Trinajstić information content (AvgIpc) is 2.51. The third-order valence-corrected chi connectivity index (χ3v) is 3.86. The van der Waals surface area contributed by atoms with E-state index in [1.807, 2.05) is 30.3 Å². The highest BCUT2D eigenvalue weighted by Gasteiger charge is 2.21. The largest absolute Gasteiger partial charge is 0.508 e. The SMILES string of the molecule is CC(=O)Nc1ccc(/C=C2/CCc3cc(O)ccc3C2=O)cc1. The molecule has 1 amide bonds. The number of ketones is 1. The molecule has 2 aromatic carbocycles. The molecule has 116 valence electrons. The van der Waals surface area contributed by atoms with Crippen molar-refractivity contribution < 1.29 is 14.7 Å². The van der Waals surface area contributed by atoms with Gasteiger partial charge in [0.1, 0.15) is 5.75 Å². The number of hydrogen-bond donors (Lipinski definition) is 2. The Morgan fingerprint density at radius 3 is 2.57 bits per heavy atom. The van der Waals surface area contributed by atoms with E-state index in [2.05, 4.69) is 5.32 Å². The van der Waals surface area contributed by atoms with Crippen molar-refractivity contribution in [1.29, 1.82) is 0 Å². The van der Waals surface area contributed by atoms with Gasteiger partial charge in [0.15, 0.2) is 5.78 Å². The van der Waals surface area contributed by atoms with E-state index in [-0.39, 0.29) is 17.4 Å². The fourth-order valence-corrected chi connectivity index (χ4v) is 2.77. The third-order valence-electron chi connectivity index (χ3n) is 3.86. The van der Waals surface area contributed by atoms with Crippen molar-refractivity contribution in [2.45, 2.75) is 19.8 Å². The van der Waals surface area contributed by atoms with Crippen molar-refractivity contribution in [3.8, 4) is 5.75 Å². The lowest BCUT2D eigenvalue weighted by molar-refractivity contribution is -0.114. The van der Waals surface area contributed by atoms with Gasteiger partial charge in [-0.2, -0.15) is 0 Å². The number of fused-ring (bicyclic) bond motifs is 1. The second-order valence-electron chi connectivity index (χ2n) is 5.64. The summed E-state index contributed by atoms with van der Waals surface area (Å²) in [7, 11) is 0. The summed E-state index contributed by atoms with van der Waals surface area (Å²) >= 11 is 0. The number of phenols is 1. The summed E-state index contributed by atoms with van der Waals surface area (Å²) in [5.74, 6) is 0.0909. The lowest BCUT2D eigenvalue weighted by Gasteiger charge is -2.17. The Kier molecular flexibility index (Phi) is 3.98. The molecule has 0 unspecified atom stereocenters. The van der Waals surface area contributed by atoms with Crippen LogP contribution in [0.4, 0.5) is 5.69 Å². The highest BCUT2D eigenvalue weighted by molar-refractivity contribution is 6.13. The lowest BCUT2D eigenvalue weighted by Crippen LogP contribution is -2.13. The van der Waals surface area contributed by atoms with E-state index in [0.717, 1.165) is 28.8 Å². The molecule has 0 fully saturated rings. The summed E-state index contributed by atoms with van der Waals surface area (Å²) in [6.45, 7) is 1.46. The molecule has 0 atom stereocenters. The fraction of sp³-hybridized carbons (Fsp3) is 0.158. The molecule has 1 aliphatic carbocycles. The van der Waals surface area contributed by atoms with Crippen molar-refractivity contribution in [2.24, 2.45) is 0 Å². The zero-order valence-corrected chi connectivity index (χ0v) is 12.8. The Bertz CT molecular complexity index is 804. The number of carbonyl (C=O) groups is 2. The van der Waals surface area contributed by atoms with Gasteiger partial charge in [-0.25, -0.2) is 0 Å². The Hall–Kier alpha value is -2.88. The van der Waals surface area contributed by atoms with Crippen LogP contribution in [0, 0.1) is 0 Å². The first-order chi connectivity index (χ1) is 11.0. The molecule has 0 spiro atoms. The third kappa shape index (κ3) is 3.31. The van der Waals surface area contributed by atoms with Crippen molar-refractivity contribution in [3.05, 3.63) is 64.7 Å². The number of phenolic OH excluding ortho intramolecular Hbond substituents is 1. The summed E-state index contributed by atoms with van der Waals surface area (Å²) in [5.41, 5.74) is 3.97. The minimum absolute atomic E-state index is 0.0113. The van der Waals surface area contributed by atoms with Gasteiger partial charge in [-0.05, 0) is 60.4 Å². The molecule has 0 aliphatic heterocycles. The van der Waals surface area contributed by atoms with Crippen molar-refractivity contribution in [2.75, 3.05) is 5.32 Å². The summed E-state index contributed by atoms with van der Waals surface area (Å²) in [6.07, 6.45) is 3.28. The van der Waals surface area contributed by atoms with Gasteiger partial charge < -0.3 is 10.4 Å². The van der Waals surface area contributed by atoms with Gasteiger partial charge in [-0.1, -0.05) is 12.1 Å². The minimum atomic E-state index is -0.113. The van der Waals surface area contributed by atoms with Crippen LogP contribution >= 0.6 is 0 Å². The molecule has 0 bridgehead atoms. The maximum Gasteiger partial charge on any atom is 0.221 e. The standard InChI is InChI=1S/C19H17NO3/c1-12(21)20-16-6-2-13(3-7-16)10-15-5-4-14-11-17(22)8-9-18(14)19(15)23/h2-3,6-11,22H,4-5H2,1H3,(H,20,21)/b15-10-. The molecule has 3 rings (SSSR count). The summed E-state index contributed by atoms with van der Waals surface area (Å²) in [6, 6.07) is 12.3. The maximum absolute atomic E-state index is 12.5. The summed E-state index contributed by atoms with van der Waals surface area (Å²) in [5, 5.41) is 12.2. The van der Waals surface area contributed by atoms with E-state index in [1.54, 1.807) is 18.2 Å². The monoisotopic (exact) mass is 307 g/mol. The number of hydrogen-bond acceptors (Lipinski definition) is 3. The van der Waals surface area contributed by atoms with Crippen LogP contribution in [0.15, 0.2) is 48.0 Å². The van der Waals surface area contributed by atoms with E-state index in [1.165, 1.54) is 6.92 Å². The molecular weight excluding hydrogens is 290 g/mol. The number of anilines is 1. The normalized spacial score (nSPS) is 15.3. The van der Waals surface area contributed by atoms with Gasteiger partial charge >= 0.3 is 0 Å². The number of Topliss-reactive ketones (excluding diaryl/α,β-unsaturated/α-hetero) is 1. The topological polar surface area (TPSA) is 66.4 Å². The van der Waals surface area contributed by atoms with Crippen molar-refractivity contribution >= 4 is 23.5 Å². The van der Waals surface area contributed by atoms with Crippen LogP contribution < -0.4 is 5.32 Å².